The van der Waals surface area contributed by atoms with Crippen LogP contribution in [0.25, 0.3) is 0 Å². The van der Waals surface area contributed by atoms with Crippen molar-refractivity contribution >= 4 is 5.69 Å². The van der Waals surface area contributed by atoms with E-state index in [0.29, 0.717) is 5.92 Å². The molecular formula is C17H25N3O. The molecule has 1 atom stereocenters. The minimum Gasteiger partial charge on any atom is -0.469 e. The fourth-order valence-electron chi connectivity index (χ4n) is 4.46. The molecule has 2 bridgehead atoms. The molecule has 3 fully saturated rings. The van der Waals surface area contributed by atoms with Gasteiger partial charge in [0.1, 0.15) is 5.60 Å². The Hall–Kier alpha value is -1.29. The van der Waals surface area contributed by atoms with Crippen LogP contribution in [0.4, 0.5) is 5.69 Å². The summed E-state index contributed by atoms with van der Waals surface area (Å²) in [7, 11) is 0. The Balaban J connectivity index is 1.62. The molecule has 4 aliphatic heterocycles. The molecule has 1 unspecified atom stereocenters. The summed E-state index contributed by atoms with van der Waals surface area (Å²) in [6.07, 6.45) is 5.60. The maximum absolute atomic E-state index is 6.40. The van der Waals surface area contributed by atoms with E-state index < -0.39 is 0 Å². The van der Waals surface area contributed by atoms with E-state index in [9.17, 15) is 0 Å². The third-order valence-electron chi connectivity index (χ3n) is 5.65. The van der Waals surface area contributed by atoms with Gasteiger partial charge in [-0.2, -0.15) is 0 Å². The summed E-state index contributed by atoms with van der Waals surface area (Å²) in [6, 6.07) is 2.31. The van der Waals surface area contributed by atoms with Crippen molar-refractivity contribution in [3.05, 3.63) is 17.8 Å². The number of anilines is 1. The highest BCUT2D eigenvalue weighted by Gasteiger charge is 2.52. The maximum atomic E-state index is 6.40. The molecule has 0 aromatic carbocycles. The van der Waals surface area contributed by atoms with Crippen molar-refractivity contribution in [2.75, 3.05) is 37.6 Å². The van der Waals surface area contributed by atoms with Crippen LogP contribution in [0, 0.1) is 5.92 Å². The molecule has 0 saturated carbocycles. The zero-order chi connectivity index (χ0) is 14.4. The molecule has 1 aromatic heterocycles. The highest BCUT2D eigenvalue weighted by molar-refractivity contribution is 5.51. The van der Waals surface area contributed by atoms with Gasteiger partial charge >= 0.3 is 0 Å². The summed E-state index contributed by atoms with van der Waals surface area (Å²) >= 11 is 0. The number of hydrogen-bond donors (Lipinski definition) is 0. The first-order chi connectivity index (χ1) is 10.2. The zero-order valence-electron chi connectivity index (χ0n) is 13.1. The Bertz CT molecular complexity index is 535. The molecule has 0 N–H and O–H groups in total. The van der Waals surface area contributed by atoms with E-state index in [2.05, 4.69) is 34.7 Å². The SMILES string of the molecule is CCN(CC)c1cnc2c(c1)CC1(CN3CCC1CC3)O2. The van der Waals surface area contributed by atoms with Crippen LogP contribution in [0.1, 0.15) is 32.3 Å². The summed E-state index contributed by atoms with van der Waals surface area (Å²) in [4.78, 5) is 9.55. The minimum atomic E-state index is 0.0215. The van der Waals surface area contributed by atoms with Gasteiger partial charge in [0, 0.05) is 37.5 Å². The Morgan fingerprint density at radius 1 is 1.33 bits per heavy atom. The van der Waals surface area contributed by atoms with Crippen LogP contribution in [0.3, 0.4) is 0 Å². The van der Waals surface area contributed by atoms with Crippen molar-refractivity contribution in [2.45, 2.75) is 38.7 Å². The van der Waals surface area contributed by atoms with Crippen molar-refractivity contribution in [2.24, 2.45) is 5.92 Å². The number of aromatic nitrogens is 1. The van der Waals surface area contributed by atoms with E-state index in [1.807, 2.05) is 6.20 Å². The third kappa shape index (κ3) is 2.03. The van der Waals surface area contributed by atoms with Crippen LogP contribution in [-0.4, -0.2) is 48.2 Å². The number of nitrogens with zero attached hydrogens (tertiary/aromatic N) is 3. The first-order valence-electron chi connectivity index (χ1n) is 8.39. The molecule has 4 aliphatic rings. The molecule has 5 rings (SSSR count). The van der Waals surface area contributed by atoms with E-state index in [-0.39, 0.29) is 5.60 Å². The van der Waals surface area contributed by atoms with E-state index in [0.717, 1.165) is 31.9 Å². The molecule has 21 heavy (non-hydrogen) atoms. The van der Waals surface area contributed by atoms with Crippen molar-refractivity contribution in [3.8, 4) is 5.88 Å². The lowest BCUT2D eigenvalue weighted by Crippen LogP contribution is -2.61. The van der Waals surface area contributed by atoms with Gasteiger partial charge in [0.05, 0.1) is 11.9 Å². The summed E-state index contributed by atoms with van der Waals surface area (Å²) < 4.78 is 6.40. The monoisotopic (exact) mass is 287 g/mol. The van der Waals surface area contributed by atoms with E-state index >= 15 is 0 Å². The van der Waals surface area contributed by atoms with Crippen LogP contribution in [0.15, 0.2) is 12.3 Å². The van der Waals surface area contributed by atoms with Gasteiger partial charge in [-0.15, -0.1) is 0 Å². The largest absolute Gasteiger partial charge is 0.469 e. The predicted octanol–water partition coefficient (Wildman–Crippen LogP) is 2.33. The number of ether oxygens (including phenoxy) is 1. The molecule has 0 aliphatic carbocycles. The summed E-state index contributed by atoms with van der Waals surface area (Å²) in [6.45, 7) is 10.0. The second kappa shape index (κ2) is 4.87. The highest BCUT2D eigenvalue weighted by Crippen LogP contribution is 2.46. The molecule has 3 saturated heterocycles. The minimum absolute atomic E-state index is 0.0215. The topological polar surface area (TPSA) is 28.6 Å². The van der Waals surface area contributed by atoms with E-state index in [4.69, 9.17) is 4.74 Å². The molecule has 4 nitrogen and oxygen atoms in total. The van der Waals surface area contributed by atoms with E-state index in [1.165, 1.54) is 37.2 Å². The van der Waals surface area contributed by atoms with Crippen molar-refractivity contribution in [3.63, 3.8) is 0 Å². The molecule has 1 spiro atoms. The van der Waals surface area contributed by atoms with Gasteiger partial charge in [0.25, 0.3) is 0 Å². The normalized spacial score (nSPS) is 33.0. The number of rotatable bonds is 3. The van der Waals surface area contributed by atoms with Gasteiger partial charge < -0.3 is 9.64 Å². The van der Waals surface area contributed by atoms with Gasteiger partial charge in [0.15, 0.2) is 0 Å². The van der Waals surface area contributed by atoms with Crippen LogP contribution in [-0.2, 0) is 6.42 Å². The first kappa shape index (κ1) is 13.4. The maximum Gasteiger partial charge on any atom is 0.217 e. The first-order valence-corrected chi connectivity index (χ1v) is 8.39. The smallest absolute Gasteiger partial charge is 0.217 e. The van der Waals surface area contributed by atoms with Crippen molar-refractivity contribution in [1.82, 2.24) is 9.88 Å². The third-order valence-corrected chi connectivity index (χ3v) is 5.65. The van der Waals surface area contributed by atoms with Crippen LogP contribution in [0.5, 0.6) is 5.88 Å². The van der Waals surface area contributed by atoms with Crippen molar-refractivity contribution < 1.29 is 4.74 Å². The molecule has 1 aromatic rings. The molecule has 4 heteroatoms. The lowest BCUT2D eigenvalue weighted by atomic mass is 9.73. The van der Waals surface area contributed by atoms with Gasteiger partial charge in [-0.25, -0.2) is 4.98 Å². The molecule has 114 valence electrons. The van der Waals surface area contributed by atoms with Gasteiger partial charge in [-0.3, -0.25) is 4.90 Å². The summed E-state index contributed by atoms with van der Waals surface area (Å²) in [5.41, 5.74) is 2.57. The molecule has 5 heterocycles. The summed E-state index contributed by atoms with van der Waals surface area (Å²) in [5.74, 6) is 1.60. The fourth-order valence-corrected chi connectivity index (χ4v) is 4.46. The summed E-state index contributed by atoms with van der Waals surface area (Å²) in [5, 5.41) is 0. The number of piperidine rings is 3. The second-order valence-corrected chi connectivity index (χ2v) is 6.72. The van der Waals surface area contributed by atoms with E-state index in [1.54, 1.807) is 0 Å². The highest BCUT2D eigenvalue weighted by atomic mass is 16.5. The quantitative estimate of drug-likeness (QED) is 0.853. The molecule has 0 amide bonds. The fraction of sp³-hybridized carbons (Fsp3) is 0.706. The van der Waals surface area contributed by atoms with Crippen LogP contribution in [0.2, 0.25) is 0 Å². The Kier molecular flexibility index (Phi) is 3.10. The van der Waals surface area contributed by atoms with Crippen molar-refractivity contribution in [1.29, 1.82) is 0 Å². The Labute approximate surface area is 127 Å². The molecule has 0 radical (unpaired) electrons. The number of pyridine rings is 1. The van der Waals surface area contributed by atoms with Gasteiger partial charge in [-0.1, -0.05) is 0 Å². The Morgan fingerprint density at radius 2 is 2.10 bits per heavy atom. The molecular weight excluding hydrogens is 262 g/mol. The number of fused-ring (bicyclic) bond motifs is 3. The van der Waals surface area contributed by atoms with Crippen LogP contribution >= 0.6 is 0 Å². The standard InChI is InChI=1S/C17H25N3O/c1-3-20(4-2)15-9-13-10-17(21-16(13)18-11-15)12-19-7-5-14(17)6-8-19/h9,11,14H,3-8,10,12H2,1-2H3. The lowest BCUT2D eigenvalue weighted by molar-refractivity contribution is -0.0814. The van der Waals surface area contributed by atoms with Gasteiger partial charge in [0.2, 0.25) is 5.88 Å². The zero-order valence-corrected chi connectivity index (χ0v) is 13.1. The predicted molar refractivity (Wildman–Crippen MR) is 84.0 cm³/mol. The van der Waals surface area contributed by atoms with Gasteiger partial charge in [-0.05, 0) is 45.8 Å². The second-order valence-electron chi connectivity index (χ2n) is 6.72. The number of hydrogen-bond acceptors (Lipinski definition) is 4. The lowest BCUT2D eigenvalue weighted by Gasteiger charge is -2.50. The average molecular weight is 287 g/mol. The average Bonchev–Trinajstić information content (AvgIpc) is 2.86. The van der Waals surface area contributed by atoms with Crippen LogP contribution < -0.4 is 9.64 Å². The Morgan fingerprint density at radius 3 is 2.71 bits per heavy atom.